The first-order chi connectivity index (χ1) is 14.3. The van der Waals surface area contributed by atoms with Crippen LogP contribution in [0.4, 0.5) is 5.69 Å². The molecular weight excluding hydrogens is 386 g/mol. The molecule has 0 spiro atoms. The van der Waals surface area contributed by atoms with Crippen LogP contribution in [0.3, 0.4) is 0 Å². The van der Waals surface area contributed by atoms with Crippen molar-refractivity contribution in [1.29, 1.82) is 0 Å². The van der Waals surface area contributed by atoms with Gasteiger partial charge < -0.3 is 14.8 Å². The van der Waals surface area contributed by atoms with Crippen molar-refractivity contribution >= 4 is 11.6 Å². The van der Waals surface area contributed by atoms with Crippen LogP contribution in [0, 0.1) is 13.8 Å². The predicted molar refractivity (Wildman–Crippen MR) is 114 cm³/mol. The van der Waals surface area contributed by atoms with Crippen molar-refractivity contribution < 1.29 is 14.3 Å². The molecule has 30 heavy (non-hydrogen) atoms. The van der Waals surface area contributed by atoms with Gasteiger partial charge in [-0.05, 0) is 37.1 Å². The number of aromatic nitrogens is 2. The molecule has 1 aromatic heterocycles. The van der Waals surface area contributed by atoms with E-state index >= 15 is 0 Å². The summed E-state index contributed by atoms with van der Waals surface area (Å²) in [6.45, 7) is 3.60. The molecule has 0 bridgehead atoms. The van der Waals surface area contributed by atoms with Gasteiger partial charge in [-0.15, -0.1) is 0 Å². The highest BCUT2D eigenvalue weighted by atomic mass is 16.5. The fourth-order valence-corrected chi connectivity index (χ4v) is 2.95. The first-order valence-corrected chi connectivity index (χ1v) is 9.25. The molecule has 1 N–H and O–H groups in total. The molecule has 2 aromatic carbocycles. The highest BCUT2D eigenvalue weighted by molar-refractivity contribution is 5.91. The Morgan fingerprint density at radius 1 is 0.900 bits per heavy atom. The van der Waals surface area contributed by atoms with Gasteiger partial charge in [0.05, 0.1) is 14.2 Å². The van der Waals surface area contributed by atoms with Crippen LogP contribution in [0.1, 0.15) is 11.1 Å². The van der Waals surface area contributed by atoms with Gasteiger partial charge in [-0.1, -0.05) is 6.07 Å². The van der Waals surface area contributed by atoms with Gasteiger partial charge >= 0.3 is 11.1 Å². The number of carbonyl (C=O) groups is 1. The van der Waals surface area contributed by atoms with E-state index in [9.17, 15) is 14.4 Å². The van der Waals surface area contributed by atoms with E-state index in [1.165, 1.54) is 31.2 Å². The Morgan fingerprint density at radius 2 is 1.57 bits per heavy atom. The lowest BCUT2D eigenvalue weighted by molar-refractivity contribution is -0.116. The number of hydrogen-bond acceptors (Lipinski definition) is 5. The summed E-state index contributed by atoms with van der Waals surface area (Å²) in [7, 11) is 3.01. The average Bonchev–Trinajstić information content (AvgIpc) is 2.73. The number of carbonyl (C=O) groups excluding carboxylic acids is 1. The number of anilines is 1. The van der Waals surface area contributed by atoms with Gasteiger partial charge in [0.25, 0.3) is 0 Å². The number of methoxy groups -OCH3 is 2. The van der Waals surface area contributed by atoms with Gasteiger partial charge in [-0.2, -0.15) is 0 Å². The minimum Gasteiger partial charge on any atom is -0.497 e. The first-order valence-electron chi connectivity index (χ1n) is 9.25. The summed E-state index contributed by atoms with van der Waals surface area (Å²) < 4.78 is 12.7. The zero-order valence-corrected chi connectivity index (χ0v) is 17.3. The molecule has 0 aliphatic carbocycles. The molecule has 3 aromatic rings. The normalized spacial score (nSPS) is 10.5. The number of amides is 1. The van der Waals surface area contributed by atoms with Gasteiger partial charge in [-0.25, -0.2) is 0 Å². The maximum Gasteiger partial charge on any atom is 0.320 e. The molecule has 0 aliphatic heterocycles. The minimum atomic E-state index is -0.783. The van der Waals surface area contributed by atoms with Gasteiger partial charge in [0.1, 0.15) is 18.0 Å². The number of rotatable bonds is 6. The van der Waals surface area contributed by atoms with E-state index in [0.717, 1.165) is 15.7 Å². The maximum absolute atomic E-state index is 12.6. The van der Waals surface area contributed by atoms with Crippen LogP contribution in [0.2, 0.25) is 0 Å². The number of aryl methyl sites for hydroxylation is 2. The predicted octanol–water partition coefficient (Wildman–Crippen LogP) is 2.27. The molecule has 0 unspecified atom stereocenters. The van der Waals surface area contributed by atoms with Crippen LogP contribution in [0.25, 0.3) is 5.69 Å². The Hall–Kier alpha value is -3.81. The third-order valence-electron chi connectivity index (χ3n) is 4.78. The Balaban J connectivity index is 1.83. The van der Waals surface area contributed by atoms with Crippen LogP contribution < -0.4 is 25.9 Å². The van der Waals surface area contributed by atoms with Crippen molar-refractivity contribution in [2.45, 2.75) is 20.4 Å². The van der Waals surface area contributed by atoms with E-state index in [-0.39, 0.29) is 6.54 Å². The monoisotopic (exact) mass is 409 g/mol. The summed E-state index contributed by atoms with van der Waals surface area (Å²) in [5.41, 5.74) is 1.64. The first kappa shape index (κ1) is 20.9. The molecule has 0 atom stereocenters. The Labute approximate surface area is 173 Å². The molecule has 156 valence electrons. The SMILES string of the molecule is COc1cc(NC(=O)Cn2ccn(-c3ccc(C)c(C)c3)c(=O)c2=O)cc(OC)c1. The lowest BCUT2D eigenvalue weighted by atomic mass is 10.1. The zero-order chi connectivity index (χ0) is 21.8. The molecular formula is C22H23N3O5. The Kier molecular flexibility index (Phi) is 6.06. The van der Waals surface area contributed by atoms with Crippen LogP contribution in [0.15, 0.2) is 58.4 Å². The molecule has 0 radical (unpaired) electrons. The highest BCUT2D eigenvalue weighted by Gasteiger charge is 2.12. The van der Waals surface area contributed by atoms with E-state index in [4.69, 9.17) is 9.47 Å². The zero-order valence-electron chi connectivity index (χ0n) is 17.3. The lowest BCUT2D eigenvalue weighted by Gasteiger charge is -2.12. The summed E-state index contributed by atoms with van der Waals surface area (Å²) in [5.74, 6) is 0.561. The van der Waals surface area contributed by atoms with Crippen LogP contribution in [0.5, 0.6) is 11.5 Å². The quantitative estimate of drug-likeness (QED) is 0.631. The largest absolute Gasteiger partial charge is 0.497 e. The molecule has 0 fully saturated rings. The second-order valence-corrected chi connectivity index (χ2v) is 6.82. The van der Waals surface area contributed by atoms with Crippen LogP contribution in [-0.4, -0.2) is 29.3 Å². The smallest absolute Gasteiger partial charge is 0.320 e. The molecule has 1 amide bonds. The van der Waals surface area contributed by atoms with Crippen molar-refractivity contribution in [2.75, 3.05) is 19.5 Å². The average molecular weight is 409 g/mol. The van der Waals surface area contributed by atoms with Crippen molar-refractivity contribution in [3.63, 3.8) is 0 Å². The topological polar surface area (TPSA) is 91.6 Å². The summed E-state index contributed by atoms with van der Waals surface area (Å²) in [6, 6.07) is 10.4. The molecule has 0 aliphatic rings. The molecule has 8 nitrogen and oxygen atoms in total. The van der Waals surface area contributed by atoms with Crippen LogP contribution >= 0.6 is 0 Å². The fraction of sp³-hybridized carbons (Fsp3) is 0.227. The summed E-state index contributed by atoms with van der Waals surface area (Å²) in [6.07, 6.45) is 2.90. The minimum absolute atomic E-state index is 0.304. The highest BCUT2D eigenvalue weighted by Crippen LogP contribution is 2.25. The Bertz CT molecular complexity index is 1190. The molecule has 0 saturated heterocycles. The van der Waals surface area contributed by atoms with E-state index in [1.807, 2.05) is 26.0 Å². The second-order valence-electron chi connectivity index (χ2n) is 6.82. The van der Waals surface area contributed by atoms with Gasteiger partial charge in [0, 0.05) is 42.0 Å². The van der Waals surface area contributed by atoms with Crippen molar-refractivity contribution in [3.8, 4) is 17.2 Å². The second kappa shape index (κ2) is 8.69. The van der Waals surface area contributed by atoms with Gasteiger partial charge in [-0.3, -0.25) is 23.5 Å². The standard InChI is InChI=1S/C22H23N3O5/c1-14-5-6-17(9-15(14)2)25-8-7-24(21(27)22(25)28)13-20(26)23-16-10-18(29-3)12-19(11-16)30-4/h5-12H,13H2,1-4H3,(H,23,26). The molecule has 3 rings (SSSR count). The van der Waals surface area contributed by atoms with Crippen molar-refractivity contribution in [3.05, 3.63) is 80.6 Å². The summed E-state index contributed by atoms with van der Waals surface area (Å²) >= 11 is 0. The maximum atomic E-state index is 12.6. The molecule has 8 heteroatoms. The molecule has 0 saturated carbocycles. The van der Waals surface area contributed by atoms with Crippen molar-refractivity contribution in [2.24, 2.45) is 0 Å². The van der Waals surface area contributed by atoms with E-state index in [0.29, 0.717) is 22.9 Å². The van der Waals surface area contributed by atoms with Gasteiger partial charge in [0.2, 0.25) is 5.91 Å². The number of ether oxygens (including phenoxy) is 2. The Morgan fingerprint density at radius 3 is 2.17 bits per heavy atom. The van der Waals surface area contributed by atoms with E-state index < -0.39 is 17.0 Å². The number of nitrogens with one attached hydrogen (secondary N) is 1. The van der Waals surface area contributed by atoms with Crippen molar-refractivity contribution in [1.82, 2.24) is 9.13 Å². The number of benzene rings is 2. The number of nitrogens with zero attached hydrogens (tertiary/aromatic N) is 2. The third kappa shape index (κ3) is 4.43. The van der Waals surface area contributed by atoms with Crippen LogP contribution in [-0.2, 0) is 11.3 Å². The van der Waals surface area contributed by atoms with E-state index in [2.05, 4.69) is 5.32 Å². The molecule has 1 heterocycles. The van der Waals surface area contributed by atoms with Gasteiger partial charge in [0.15, 0.2) is 0 Å². The third-order valence-corrected chi connectivity index (χ3v) is 4.78. The van der Waals surface area contributed by atoms with E-state index in [1.54, 1.807) is 24.3 Å². The summed E-state index contributed by atoms with van der Waals surface area (Å²) in [5, 5.41) is 2.68. The number of hydrogen-bond donors (Lipinski definition) is 1. The lowest BCUT2D eigenvalue weighted by Crippen LogP contribution is -2.41. The fourth-order valence-electron chi connectivity index (χ4n) is 2.95. The summed E-state index contributed by atoms with van der Waals surface area (Å²) in [4.78, 5) is 37.5.